The van der Waals surface area contributed by atoms with Crippen molar-refractivity contribution in [2.24, 2.45) is 0 Å². The molecule has 1 unspecified atom stereocenters. The average Bonchev–Trinajstić information content (AvgIpc) is 2.46. The van der Waals surface area contributed by atoms with Gasteiger partial charge in [-0.25, -0.2) is 4.79 Å². The van der Waals surface area contributed by atoms with Crippen LogP contribution in [0.2, 0.25) is 0 Å². The second kappa shape index (κ2) is 6.12. The van der Waals surface area contributed by atoms with Gasteiger partial charge in [-0.05, 0) is 24.3 Å². The first kappa shape index (κ1) is 12.5. The monoisotopic (exact) mass is 260 g/mol. The average molecular weight is 260 g/mol. The van der Waals surface area contributed by atoms with E-state index in [-0.39, 0.29) is 5.94 Å². The second-order valence-electron chi connectivity index (χ2n) is 3.57. The van der Waals surface area contributed by atoms with Crippen molar-refractivity contribution in [3.63, 3.8) is 0 Å². The zero-order chi connectivity index (χ0) is 12.8. The van der Waals surface area contributed by atoms with Crippen LogP contribution in [0.1, 0.15) is 10.4 Å². The molecule has 18 heavy (non-hydrogen) atoms. The normalized spacial score (nSPS) is 11.8. The minimum atomic E-state index is -1.32. The predicted octanol–water partition coefficient (Wildman–Crippen LogP) is 2.61. The van der Waals surface area contributed by atoms with Crippen molar-refractivity contribution in [2.45, 2.75) is 4.90 Å². The van der Waals surface area contributed by atoms with Crippen LogP contribution in [0.25, 0.3) is 0 Å². The molecule has 0 bridgehead atoms. The molecule has 0 saturated heterocycles. The maximum atomic E-state index is 11.8. The Kier molecular flexibility index (Phi) is 4.25. The van der Waals surface area contributed by atoms with E-state index in [2.05, 4.69) is 0 Å². The van der Waals surface area contributed by atoms with Crippen LogP contribution in [0.4, 0.5) is 0 Å². The highest BCUT2D eigenvalue weighted by molar-refractivity contribution is 7.84. The van der Waals surface area contributed by atoms with Crippen molar-refractivity contribution < 1.29 is 13.7 Å². The van der Waals surface area contributed by atoms with Crippen molar-refractivity contribution in [3.05, 3.63) is 66.2 Å². The zero-order valence-corrected chi connectivity index (χ0v) is 10.4. The molecule has 0 saturated carbocycles. The number of esters is 1. The summed E-state index contributed by atoms with van der Waals surface area (Å²) < 4.78 is 16.8. The van der Waals surface area contributed by atoms with Crippen LogP contribution in [0.3, 0.4) is 0 Å². The summed E-state index contributed by atoms with van der Waals surface area (Å²) in [6, 6.07) is 17.6. The summed E-state index contributed by atoms with van der Waals surface area (Å²) in [5.74, 6) is -0.586. The summed E-state index contributed by atoms with van der Waals surface area (Å²) in [5.41, 5.74) is 0.461. The summed E-state index contributed by atoms with van der Waals surface area (Å²) in [6.45, 7) is 0. The Morgan fingerprint density at radius 2 is 1.50 bits per heavy atom. The predicted molar refractivity (Wildman–Crippen MR) is 69.6 cm³/mol. The topological polar surface area (TPSA) is 43.4 Å². The number of ether oxygens (including phenoxy) is 1. The summed E-state index contributed by atoms with van der Waals surface area (Å²) in [4.78, 5) is 12.3. The lowest BCUT2D eigenvalue weighted by Crippen LogP contribution is -2.10. The third kappa shape index (κ3) is 3.28. The first-order chi connectivity index (χ1) is 8.77. The molecule has 0 fully saturated rings. The van der Waals surface area contributed by atoms with Crippen LogP contribution in [0, 0.1) is 0 Å². The molecule has 3 nitrogen and oxygen atoms in total. The van der Waals surface area contributed by atoms with Gasteiger partial charge in [-0.15, -0.1) is 0 Å². The zero-order valence-electron chi connectivity index (χ0n) is 9.61. The fourth-order valence-corrected chi connectivity index (χ4v) is 2.22. The van der Waals surface area contributed by atoms with Crippen molar-refractivity contribution in [1.82, 2.24) is 0 Å². The van der Waals surface area contributed by atoms with Gasteiger partial charge in [0.15, 0.2) is 5.94 Å². The summed E-state index contributed by atoms with van der Waals surface area (Å²) >= 11 is 0. The van der Waals surface area contributed by atoms with Crippen LogP contribution >= 0.6 is 0 Å². The van der Waals surface area contributed by atoms with E-state index in [4.69, 9.17) is 4.74 Å². The Labute approximate surface area is 108 Å². The molecular weight excluding hydrogens is 248 g/mol. The van der Waals surface area contributed by atoms with Crippen molar-refractivity contribution in [2.75, 3.05) is 5.94 Å². The van der Waals surface area contributed by atoms with Gasteiger partial charge in [0.2, 0.25) is 0 Å². The lowest BCUT2D eigenvalue weighted by molar-refractivity contribution is 0.0575. The number of rotatable bonds is 4. The van der Waals surface area contributed by atoms with Crippen LogP contribution in [-0.4, -0.2) is 16.1 Å². The molecule has 0 aliphatic rings. The molecular formula is C14H12O3S. The van der Waals surface area contributed by atoms with Crippen molar-refractivity contribution in [3.8, 4) is 0 Å². The third-order valence-corrected chi connectivity index (χ3v) is 3.44. The van der Waals surface area contributed by atoms with Gasteiger partial charge in [-0.1, -0.05) is 36.4 Å². The first-order valence-electron chi connectivity index (χ1n) is 5.43. The van der Waals surface area contributed by atoms with Crippen LogP contribution < -0.4 is 0 Å². The highest BCUT2D eigenvalue weighted by atomic mass is 32.2. The van der Waals surface area contributed by atoms with Gasteiger partial charge in [0.05, 0.1) is 16.4 Å². The van der Waals surface area contributed by atoms with Gasteiger partial charge in [-0.2, -0.15) is 0 Å². The molecule has 0 aromatic heterocycles. The molecule has 0 spiro atoms. The fraction of sp³-hybridized carbons (Fsp3) is 0.0714. The Morgan fingerprint density at radius 3 is 2.11 bits per heavy atom. The molecule has 0 N–H and O–H groups in total. The van der Waals surface area contributed by atoms with Crippen LogP contribution in [-0.2, 0) is 15.5 Å². The molecule has 1 atom stereocenters. The van der Waals surface area contributed by atoms with E-state index in [0.717, 1.165) is 0 Å². The largest absolute Gasteiger partial charge is 0.448 e. The van der Waals surface area contributed by atoms with Gasteiger partial charge in [0, 0.05) is 4.90 Å². The first-order valence-corrected chi connectivity index (χ1v) is 6.75. The molecule has 0 aliphatic heterocycles. The third-order valence-electron chi connectivity index (χ3n) is 2.31. The Balaban J connectivity index is 1.93. The lowest BCUT2D eigenvalue weighted by atomic mass is 10.2. The number of hydrogen-bond donors (Lipinski definition) is 0. The van der Waals surface area contributed by atoms with E-state index in [1.807, 2.05) is 12.1 Å². The van der Waals surface area contributed by atoms with Gasteiger partial charge < -0.3 is 4.74 Å². The molecule has 0 heterocycles. The molecule has 2 rings (SSSR count). The maximum absolute atomic E-state index is 11.8. The standard InChI is InChI=1S/C14H12O3S/c15-14(12-7-3-1-4-8-12)17-11-18(16)13-9-5-2-6-10-13/h1-10H,11H2. The van der Waals surface area contributed by atoms with Gasteiger partial charge >= 0.3 is 5.97 Å². The molecule has 4 heteroatoms. The smallest absolute Gasteiger partial charge is 0.339 e. The summed E-state index contributed by atoms with van der Waals surface area (Å²) in [7, 11) is -1.32. The van der Waals surface area contributed by atoms with Crippen LogP contribution in [0.5, 0.6) is 0 Å². The molecule has 2 aromatic rings. The number of carbonyl (C=O) groups excluding carboxylic acids is 1. The summed E-state index contributed by atoms with van der Waals surface area (Å²) in [6.07, 6.45) is 0. The van der Waals surface area contributed by atoms with E-state index < -0.39 is 16.8 Å². The minimum absolute atomic E-state index is 0.127. The Hall–Kier alpha value is -1.94. The lowest BCUT2D eigenvalue weighted by Gasteiger charge is -2.04. The van der Waals surface area contributed by atoms with E-state index in [9.17, 15) is 9.00 Å². The van der Waals surface area contributed by atoms with E-state index in [1.165, 1.54) is 0 Å². The highest BCUT2D eigenvalue weighted by Gasteiger charge is 2.09. The number of benzene rings is 2. The van der Waals surface area contributed by atoms with Gasteiger partial charge in [0.1, 0.15) is 0 Å². The Bertz CT molecular complexity index is 486. The number of hydrogen-bond acceptors (Lipinski definition) is 3. The number of carbonyl (C=O) groups is 1. The van der Waals surface area contributed by atoms with E-state index >= 15 is 0 Å². The summed E-state index contributed by atoms with van der Waals surface area (Å²) in [5, 5.41) is 0. The SMILES string of the molecule is O=C(OCS(=O)c1ccccc1)c1ccccc1. The van der Waals surface area contributed by atoms with Gasteiger partial charge in [0.25, 0.3) is 0 Å². The van der Waals surface area contributed by atoms with Crippen molar-refractivity contribution >= 4 is 16.8 Å². The molecule has 92 valence electrons. The minimum Gasteiger partial charge on any atom is -0.448 e. The van der Waals surface area contributed by atoms with Crippen molar-refractivity contribution in [1.29, 1.82) is 0 Å². The maximum Gasteiger partial charge on any atom is 0.339 e. The fourth-order valence-electron chi connectivity index (χ4n) is 1.40. The van der Waals surface area contributed by atoms with Crippen LogP contribution in [0.15, 0.2) is 65.6 Å². The molecule has 0 aliphatic carbocycles. The Morgan fingerprint density at radius 1 is 0.944 bits per heavy atom. The molecule has 0 radical (unpaired) electrons. The van der Waals surface area contributed by atoms with Gasteiger partial charge in [-0.3, -0.25) is 4.21 Å². The van der Waals surface area contributed by atoms with E-state index in [0.29, 0.717) is 10.5 Å². The second-order valence-corrected chi connectivity index (χ2v) is 4.97. The highest BCUT2D eigenvalue weighted by Crippen LogP contribution is 2.07. The molecule has 2 aromatic carbocycles. The molecule has 0 amide bonds. The quantitative estimate of drug-likeness (QED) is 0.794. The van der Waals surface area contributed by atoms with E-state index in [1.54, 1.807) is 48.5 Å².